The number of primary amides is 1. The molecule has 0 rings (SSSR count). The summed E-state index contributed by atoms with van der Waals surface area (Å²) in [4.78, 5) is 20.9. The van der Waals surface area contributed by atoms with Gasteiger partial charge in [-0.3, -0.25) is 10.1 Å². The number of nitrogens with two attached hydrogens (primary N) is 1. The molecule has 0 aliphatic carbocycles. The van der Waals surface area contributed by atoms with Gasteiger partial charge in [-0.1, -0.05) is 11.8 Å². The Kier molecular flexibility index (Phi) is 5.39. The van der Waals surface area contributed by atoms with Crippen LogP contribution in [0.5, 0.6) is 0 Å². The van der Waals surface area contributed by atoms with E-state index in [2.05, 4.69) is 22.7 Å². The van der Waals surface area contributed by atoms with Crippen molar-refractivity contribution in [3.63, 3.8) is 0 Å². The van der Waals surface area contributed by atoms with E-state index >= 15 is 0 Å². The molecule has 0 saturated carbocycles. The highest BCUT2D eigenvalue weighted by Crippen LogP contribution is 2.03. The number of methoxy groups -OCH3 is 1. The van der Waals surface area contributed by atoms with Gasteiger partial charge in [0.05, 0.1) is 12.9 Å². The van der Waals surface area contributed by atoms with Crippen molar-refractivity contribution >= 4 is 40.3 Å². The lowest BCUT2D eigenvalue weighted by molar-refractivity contribution is -0.117. The van der Waals surface area contributed by atoms with Gasteiger partial charge in [-0.25, -0.2) is 4.79 Å². The lowest BCUT2D eigenvalue weighted by atomic mass is 10.7. The van der Waals surface area contributed by atoms with Crippen molar-refractivity contribution in [2.45, 2.75) is 0 Å². The summed E-state index contributed by atoms with van der Waals surface area (Å²) in [5, 5.41) is 1.89. The maximum atomic E-state index is 10.7. The molecule has 3 amide bonds. The van der Waals surface area contributed by atoms with Crippen LogP contribution in [0.1, 0.15) is 0 Å². The number of thioether (sulfide) groups is 1. The van der Waals surface area contributed by atoms with Crippen molar-refractivity contribution in [3.8, 4) is 0 Å². The maximum absolute atomic E-state index is 10.7. The predicted molar refractivity (Wildman–Crippen MR) is 49.8 cm³/mol. The Morgan fingerprint density at radius 1 is 1.67 bits per heavy atom. The van der Waals surface area contributed by atoms with E-state index in [-0.39, 0.29) is 10.1 Å². The van der Waals surface area contributed by atoms with Crippen molar-refractivity contribution in [1.82, 2.24) is 5.32 Å². The van der Waals surface area contributed by atoms with Crippen LogP contribution in [0.3, 0.4) is 0 Å². The molecule has 0 radical (unpaired) electrons. The van der Waals surface area contributed by atoms with Crippen molar-refractivity contribution < 1.29 is 14.3 Å². The molecule has 7 heteroatoms. The summed E-state index contributed by atoms with van der Waals surface area (Å²) in [6, 6.07) is -0.871. The highest BCUT2D eigenvalue weighted by atomic mass is 32.2. The molecule has 0 saturated heterocycles. The minimum Gasteiger partial charge on any atom is -0.482 e. The summed E-state index contributed by atoms with van der Waals surface area (Å²) >= 11 is 5.65. The van der Waals surface area contributed by atoms with Gasteiger partial charge >= 0.3 is 6.03 Å². The standard InChI is InChI=1S/C5H8N2O3S2/c1-10-5(11)12-2-3(8)7-4(6)9/h2H2,1H3,(H3,6,7,8,9). The van der Waals surface area contributed by atoms with Crippen LogP contribution in [0.25, 0.3) is 0 Å². The molecule has 0 aliphatic rings. The second-order valence-electron chi connectivity index (χ2n) is 1.66. The number of rotatable bonds is 2. The normalized spacial score (nSPS) is 8.75. The second kappa shape index (κ2) is 5.78. The molecule has 0 spiro atoms. The van der Waals surface area contributed by atoms with Crippen molar-refractivity contribution in [2.24, 2.45) is 5.73 Å². The van der Waals surface area contributed by atoms with Crippen LogP contribution in [0.15, 0.2) is 0 Å². The summed E-state index contributed by atoms with van der Waals surface area (Å²) in [5.41, 5.74) is 4.69. The Hall–Kier alpha value is -0.820. The summed E-state index contributed by atoms with van der Waals surface area (Å²) in [6.45, 7) is 0. The van der Waals surface area contributed by atoms with E-state index in [4.69, 9.17) is 0 Å². The first-order valence-electron chi connectivity index (χ1n) is 2.86. The Morgan fingerprint density at radius 3 is 2.67 bits per heavy atom. The molecular weight excluding hydrogens is 200 g/mol. The lowest BCUT2D eigenvalue weighted by Gasteiger charge is -2.00. The molecule has 68 valence electrons. The first-order valence-corrected chi connectivity index (χ1v) is 4.25. The van der Waals surface area contributed by atoms with Crippen LogP contribution in [0, 0.1) is 0 Å². The molecule has 5 nitrogen and oxygen atoms in total. The van der Waals surface area contributed by atoms with Crippen LogP contribution in [0.4, 0.5) is 4.79 Å². The quantitative estimate of drug-likeness (QED) is 0.616. The number of ether oxygens (including phenoxy) is 1. The van der Waals surface area contributed by atoms with Crippen LogP contribution >= 0.6 is 24.0 Å². The molecule has 0 fully saturated rings. The van der Waals surface area contributed by atoms with E-state index in [0.717, 1.165) is 11.8 Å². The third kappa shape index (κ3) is 5.93. The molecule has 0 unspecified atom stereocenters. The first-order chi connectivity index (χ1) is 5.56. The Balaban J connectivity index is 3.57. The molecule has 0 atom stereocenters. The summed E-state index contributed by atoms with van der Waals surface area (Å²) in [6.07, 6.45) is 0. The van der Waals surface area contributed by atoms with E-state index < -0.39 is 11.9 Å². The zero-order valence-corrected chi connectivity index (χ0v) is 7.96. The number of hydrogen-bond acceptors (Lipinski definition) is 5. The fourth-order valence-corrected chi connectivity index (χ4v) is 0.973. The highest BCUT2D eigenvalue weighted by Gasteiger charge is 2.05. The topological polar surface area (TPSA) is 81.4 Å². The van der Waals surface area contributed by atoms with Crippen LogP contribution in [-0.2, 0) is 9.53 Å². The minimum atomic E-state index is -0.871. The van der Waals surface area contributed by atoms with Gasteiger partial charge in [0.15, 0.2) is 0 Å². The number of carbonyl (C=O) groups is 2. The molecule has 0 aromatic heterocycles. The molecule has 0 aromatic rings. The van der Waals surface area contributed by atoms with E-state index in [1.54, 1.807) is 0 Å². The average Bonchev–Trinajstić information content (AvgIpc) is 1.99. The van der Waals surface area contributed by atoms with Crippen molar-refractivity contribution in [3.05, 3.63) is 0 Å². The van der Waals surface area contributed by atoms with Gasteiger partial charge in [0.1, 0.15) is 0 Å². The number of imide groups is 1. The number of hydrogen-bond donors (Lipinski definition) is 2. The Labute approximate surface area is 79.0 Å². The zero-order valence-electron chi connectivity index (χ0n) is 6.33. The molecule has 0 aromatic carbocycles. The smallest absolute Gasteiger partial charge is 0.318 e. The van der Waals surface area contributed by atoms with Crippen molar-refractivity contribution in [2.75, 3.05) is 12.9 Å². The molecule has 0 bridgehead atoms. The minimum absolute atomic E-state index is 0.0234. The number of thiocarbonyl (C=S) groups is 1. The van der Waals surface area contributed by atoms with Gasteiger partial charge in [0.2, 0.25) is 10.3 Å². The third-order valence-electron chi connectivity index (χ3n) is 0.750. The number of carbonyl (C=O) groups excluding carboxylic acids is 2. The highest BCUT2D eigenvalue weighted by molar-refractivity contribution is 8.23. The Bertz CT molecular complexity index is 207. The zero-order chi connectivity index (χ0) is 9.56. The maximum Gasteiger partial charge on any atom is 0.318 e. The summed E-state index contributed by atoms with van der Waals surface area (Å²) < 4.78 is 4.85. The third-order valence-corrected chi connectivity index (χ3v) is 2.08. The molecule has 0 heterocycles. The van der Waals surface area contributed by atoms with Crippen LogP contribution < -0.4 is 11.1 Å². The number of amides is 3. The largest absolute Gasteiger partial charge is 0.482 e. The summed E-state index contributed by atoms with van der Waals surface area (Å²) in [7, 11) is 1.40. The van der Waals surface area contributed by atoms with E-state index in [1.165, 1.54) is 7.11 Å². The van der Waals surface area contributed by atoms with Gasteiger partial charge in [-0.2, -0.15) is 0 Å². The van der Waals surface area contributed by atoms with Gasteiger partial charge in [0, 0.05) is 0 Å². The van der Waals surface area contributed by atoms with Crippen LogP contribution in [0.2, 0.25) is 0 Å². The molecule has 12 heavy (non-hydrogen) atoms. The van der Waals surface area contributed by atoms with Crippen LogP contribution in [-0.4, -0.2) is 29.2 Å². The molecular formula is C5H8N2O3S2. The lowest BCUT2D eigenvalue weighted by Crippen LogP contribution is -2.36. The van der Waals surface area contributed by atoms with Crippen molar-refractivity contribution in [1.29, 1.82) is 0 Å². The second-order valence-corrected chi connectivity index (χ2v) is 3.23. The van der Waals surface area contributed by atoms with Gasteiger partial charge in [-0.05, 0) is 12.2 Å². The first kappa shape index (κ1) is 11.2. The van der Waals surface area contributed by atoms with Gasteiger partial charge in [-0.15, -0.1) is 0 Å². The molecule has 0 aliphatic heterocycles. The van der Waals surface area contributed by atoms with E-state index in [0.29, 0.717) is 0 Å². The SMILES string of the molecule is COC(=S)SCC(=O)NC(N)=O. The van der Waals surface area contributed by atoms with E-state index in [1.807, 2.05) is 5.32 Å². The van der Waals surface area contributed by atoms with Gasteiger partial charge < -0.3 is 10.5 Å². The molecule has 3 N–H and O–H groups in total. The number of urea groups is 1. The predicted octanol–water partition coefficient (Wildman–Crippen LogP) is -0.154. The monoisotopic (exact) mass is 208 g/mol. The summed E-state index contributed by atoms with van der Waals surface area (Å²) in [5.74, 6) is -0.470. The fraction of sp³-hybridized carbons (Fsp3) is 0.400. The van der Waals surface area contributed by atoms with E-state index in [9.17, 15) is 9.59 Å². The number of nitrogens with one attached hydrogen (secondary N) is 1. The van der Waals surface area contributed by atoms with Gasteiger partial charge in [0.25, 0.3) is 0 Å². The fourth-order valence-electron chi connectivity index (χ4n) is 0.357. The average molecular weight is 208 g/mol. The Morgan fingerprint density at radius 2 is 2.25 bits per heavy atom.